The molecule has 0 fully saturated rings. The highest BCUT2D eigenvalue weighted by atomic mass is 79.9. The van der Waals surface area contributed by atoms with Crippen molar-refractivity contribution in [1.29, 1.82) is 5.26 Å². The average Bonchev–Trinajstić information content (AvgIpc) is 2.76. The molecule has 0 saturated heterocycles. The zero-order chi connectivity index (χ0) is 24.6. The number of methoxy groups -OCH3 is 1. The molecule has 2 aromatic rings. The number of nitrogens with zero attached hydrogens (tertiary/aromatic N) is 1. The Kier molecular flexibility index (Phi) is 6.66. The third-order valence-electron chi connectivity index (χ3n) is 5.99. The number of carbonyl (C=O) groups is 1. The van der Waals surface area contributed by atoms with Crippen LogP contribution in [0.4, 0.5) is 0 Å². The van der Waals surface area contributed by atoms with E-state index >= 15 is 0 Å². The maximum atomic E-state index is 13.2. The van der Waals surface area contributed by atoms with Crippen LogP contribution in [0.15, 0.2) is 63.7 Å². The highest BCUT2D eigenvalue weighted by molar-refractivity contribution is 9.10. The first kappa shape index (κ1) is 24.2. The third kappa shape index (κ3) is 4.66. The van der Waals surface area contributed by atoms with Crippen molar-refractivity contribution in [2.75, 3.05) is 7.11 Å². The maximum Gasteiger partial charge on any atom is 0.205 e. The highest BCUT2D eigenvalue weighted by Gasteiger charge is 2.43. The van der Waals surface area contributed by atoms with Crippen LogP contribution >= 0.6 is 27.5 Å². The van der Waals surface area contributed by atoms with Gasteiger partial charge in [0.1, 0.15) is 35.5 Å². The Balaban J connectivity index is 1.75. The van der Waals surface area contributed by atoms with E-state index in [9.17, 15) is 10.1 Å². The van der Waals surface area contributed by atoms with Crippen molar-refractivity contribution in [3.63, 3.8) is 0 Å². The molecule has 0 saturated carbocycles. The number of benzene rings is 2. The third-order valence-corrected chi connectivity index (χ3v) is 6.78. The molecule has 2 N–H and O–H groups in total. The van der Waals surface area contributed by atoms with Crippen LogP contribution in [0.1, 0.15) is 43.7 Å². The quantitative estimate of drug-likeness (QED) is 0.487. The van der Waals surface area contributed by atoms with Crippen LogP contribution < -0.4 is 15.2 Å². The standard InChI is InChI=1S/C26H24BrClN2O4/c1-26(2)10-19(31)24-22(11-26)34-25(30)17(12-29)23(24)14-4-6-20(32-3)15(8-14)13-33-21-7-5-16(27)9-18(21)28/h4-9,23H,10-11,13,30H2,1-3H3. The molecule has 1 aliphatic carbocycles. The van der Waals surface area contributed by atoms with Gasteiger partial charge in [-0.1, -0.05) is 47.4 Å². The molecule has 8 heteroatoms. The van der Waals surface area contributed by atoms with Gasteiger partial charge in [0.25, 0.3) is 0 Å². The molecule has 6 nitrogen and oxygen atoms in total. The Morgan fingerprint density at radius 3 is 2.65 bits per heavy atom. The molecule has 2 aromatic carbocycles. The molecule has 176 valence electrons. The molecular weight excluding hydrogens is 520 g/mol. The monoisotopic (exact) mass is 542 g/mol. The van der Waals surface area contributed by atoms with E-state index < -0.39 is 5.92 Å². The van der Waals surface area contributed by atoms with E-state index in [2.05, 4.69) is 22.0 Å². The second-order valence-corrected chi connectivity index (χ2v) is 10.5. The van der Waals surface area contributed by atoms with Crippen LogP contribution in [0.3, 0.4) is 0 Å². The second kappa shape index (κ2) is 9.36. The fourth-order valence-corrected chi connectivity index (χ4v) is 5.18. The van der Waals surface area contributed by atoms with Gasteiger partial charge >= 0.3 is 0 Å². The molecule has 2 aliphatic rings. The number of allylic oxidation sites excluding steroid dienone is 3. The van der Waals surface area contributed by atoms with Crippen LogP contribution in [0, 0.1) is 16.7 Å². The summed E-state index contributed by atoms with van der Waals surface area (Å²) >= 11 is 9.67. The number of ketones is 1. The van der Waals surface area contributed by atoms with Gasteiger partial charge in [0.05, 0.1) is 18.1 Å². The smallest absolute Gasteiger partial charge is 0.205 e. The van der Waals surface area contributed by atoms with Crippen LogP contribution in [0.5, 0.6) is 11.5 Å². The summed E-state index contributed by atoms with van der Waals surface area (Å²) in [5.41, 5.74) is 8.10. The lowest BCUT2D eigenvalue weighted by Gasteiger charge is -2.37. The van der Waals surface area contributed by atoms with Crippen molar-refractivity contribution in [3.05, 3.63) is 79.8 Å². The number of nitriles is 1. The van der Waals surface area contributed by atoms with Crippen molar-refractivity contribution in [1.82, 2.24) is 0 Å². The molecule has 1 unspecified atom stereocenters. The average molecular weight is 544 g/mol. The number of hydrogen-bond acceptors (Lipinski definition) is 6. The molecule has 0 spiro atoms. The Morgan fingerprint density at radius 1 is 1.24 bits per heavy atom. The van der Waals surface area contributed by atoms with E-state index in [0.29, 0.717) is 40.7 Å². The maximum absolute atomic E-state index is 13.2. The van der Waals surface area contributed by atoms with Gasteiger partial charge in [-0.15, -0.1) is 0 Å². The van der Waals surface area contributed by atoms with Gasteiger partial charge in [0, 0.05) is 28.5 Å². The number of carbonyl (C=O) groups excluding carboxylic acids is 1. The largest absolute Gasteiger partial charge is 0.496 e. The van der Waals surface area contributed by atoms with E-state index in [0.717, 1.165) is 15.6 Å². The lowest BCUT2D eigenvalue weighted by atomic mass is 9.70. The van der Waals surface area contributed by atoms with Gasteiger partial charge in [0.2, 0.25) is 5.88 Å². The van der Waals surface area contributed by atoms with Gasteiger partial charge in [-0.05, 0) is 41.3 Å². The number of nitrogens with two attached hydrogens (primary N) is 1. The van der Waals surface area contributed by atoms with Crippen LogP contribution in [-0.2, 0) is 16.1 Å². The summed E-state index contributed by atoms with van der Waals surface area (Å²) in [5.74, 6) is 1.07. The van der Waals surface area contributed by atoms with E-state index in [4.69, 9.17) is 31.5 Å². The highest BCUT2D eigenvalue weighted by Crippen LogP contribution is 2.48. The molecule has 34 heavy (non-hydrogen) atoms. The van der Waals surface area contributed by atoms with Gasteiger partial charge in [0.15, 0.2) is 5.78 Å². The van der Waals surface area contributed by atoms with Gasteiger partial charge in [-0.2, -0.15) is 5.26 Å². The first-order valence-corrected chi connectivity index (χ1v) is 11.9. The molecule has 1 heterocycles. The van der Waals surface area contributed by atoms with Crippen molar-refractivity contribution in [2.24, 2.45) is 11.1 Å². The predicted molar refractivity (Wildman–Crippen MR) is 132 cm³/mol. The summed E-state index contributed by atoms with van der Waals surface area (Å²) in [6.07, 6.45) is 0.941. The summed E-state index contributed by atoms with van der Waals surface area (Å²) in [4.78, 5) is 13.2. The molecular formula is C26H24BrClN2O4. The Labute approximate surface area is 212 Å². The fraction of sp³-hybridized carbons (Fsp3) is 0.308. The Hall–Kier alpha value is -2.95. The SMILES string of the molecule is COc1ccc(C2C(C#N)=C(N)OC3=C2C(=O)CC(C)(C)C3)cc1COc1ccc(Br)cc1Cl. The summed E-state index contributed by atoms with van der Waals surface area (Å²) in [7, 11) is 1.57. The lowest BCUT2D eigenvalue weighted by Crippen LogP contribution is -2.33. The predicted octanol–water partition coefficient (Wildman–Crippen LogP) is 6.14. The zero-order valence-corrected chi connectivity index (χ0v) is 21.4. The number of rotatable bonds is 5. The molecule has 0 amide bonds. The molecule has 0 aromatic heterocycles. The first-order chi connectivity index (χ1) is 16.1. The van der Waals surface area contributed by atoms with Crippen molar-refractivity contribution in [2.45, 2.75) is 39.2 Å². The fourth-order valence-electron chi connectivity index (χ4n) is 4.46. The normalized spacial score (nSPS) is 19.3. The second-order valence-electron chi connectivity index (χ2n) is 9.14. The summed E-state index contributed by atoms with van der Waals surface area (Å²) < 4.78 is 18.1. The molecule has 0 bridgehead atoms. The number of halogens is 2. The zero-order valence-electron chi connectivity index (χ0n) is 19.1. The van der Waals surface area contributed by atoms with Crippen LogP contribution in [0.25, 0.3) is 0 Å². The van der Waals surface area contributed by atoms with Crippen LogP contribution in [-0.4, -0.2) is 12.9 Å². The summed E-state index contributed by atoms with van der Waals surface area (Å²) in [5, 5.41) is 10.4. The Bertz CT molecular complexity index is 1280. The van der Waals surface area contributed by atoms with E-state index in [-0.39, 0.29) is 29.3 Å². The minimum absolute atomic E-state index is 0.0343. The topological polar surface area (TPSA) is 94.6 Å². The van der Waals surface area contributed by atoms with E-state index in [1.807, 2.05) is 32.0 Å². The van der Waals surface area contributed by atoms with E-state index in [1.54, 1.807) is 25.3 Å². The van der Waals surface area contributed by atoms with Crippen LogP contribution in [0.2, 0.25) is 5.02 Å². The minimum Gasteiger partial charge on any atom is -0.496 e. The molecule has 0 radical (unpaired) electrons. The minimum atomic E-state index is -0.613. The number of Topliss-reactive ketones (excluding diaryl/α,β-unsaturated/α-hetero) is 1. The molecule has 4 rings (SSSR count). The number of ether oxygens (including phenoxy) is 3. The lowest BCUT2D eigenvalue weighted by molar-refractivity contribution is -0.119. The summed E-state index contributed by atoms with van der Waals surface area (Å²) in [6.45, 7) is 4.21. The van der Waals surface area contributed by atoms with Crippen molar-refractivity contribution in [3.8, 4) is 17.6 Å². The Morgan fingerprint density at radius 2 is 1.97 bits per heavy atom. The molecule has 1 atom stereocenters. The molecule has 1 aliphatic heterocycles. The van der Waals surface area contributed by atoms with Crippen molar-refractivity contribution >= 4 is 33.3 Å². The van der Waals surface area contributed by atoms with Gasteiger partial charge in [-0.25, -0.2) is 0 Å². The first-order valence-electron chi connectivity index (χ1n) is 10.7. The van der Waals surface area contributed by atoms with Crippen molar-refractivity contribution < 1.29 is 19.0 Å². The summed E-state index contributed by atoms with van der Waals surface area (Å²) in [6, 6.07) is 13.0. The number of hydrogen-bond donors (Lipinski definition) is 1. The van der Waals surface area contributed by atoms with E-state index in [1.165, 1.54) is 0 Å². The van der Waals surface area contributed by atoms with Gasteiger partial charge in [-0.3, -0.25) is 4.79 Å². The van der Waals surface area contributed by atoms with Gasteiger partial charge < -0.3 is 19.9 Å².